The summed E-state index contributed by atoms with van der Waals surface area (Å²) in [4.78, 5) is 15.5. The summed E-state index contributed by atoms with van der Waals surface area (Å²) < 4.78 is 0. The van der Waals surface area contributed by atoms with Gasteiger partial charge in [-0.3, -0.25) is 9.79 Å². The number of aliphatic hydroxyl groups excluding tert-OH is 3. The summed E-state index contributed by atoms with van der Waals surface area (Å²) in [7, 11) is 0. The van der Waals surface area contributed by atoms with Crippen molar-refractivity contribution in [1.29, 1.82) is 0 Å². The Hall–Kier alpha value is -1.07. The van der Waals surface area contributed by atoms with Crippen LogP contribution in [0, 0.1) is 5.92 Å². The van der Waals surface area contributed by atoms with Gasteiger partial charge in [-0.1, -0.05) is 13.3 Å². The zero-order chi connectivity index (χ0) is 20.8. The first-order valence-corrected chi connectivity index (χ1v) is 10.9. The predicted octanol–water partition coefficient (Wildman–Crippen LogP) is -0.772. The fourth-order valence-corrected chi connectivity index (χ4v) is 5.83. The molecule has 9 nitrogen and oxygen atoms in total. The molecule has 10 heteroatoms. The number of guanidine groups is 1. The SMILES string of the molecule is C[C@@H]1S[C@@H](C2CCCC(N[C@@H](CCCN=C(N)N)C(=O)O)C2)[C@@H](O)[C@H](O)[C@@H]1O. The molecule has 1 aliphatic heterocycles. The van der Waals surface area contributed by atoms with Crippen molar-refractivity contribution in [2.24, 2.45) is 22.4 Å². The number of nitrogens with two attached hydrogens (primary N) is 2. The van der Waals surface area contributed by atoms with Crippen LogP contribution in [0.1, 0.15) is 45.4 Å². The van der Waals surface area contributed by atoms with Crippen molar-refractivity contribution in [3.63, 3.8) is 0 Å². The summed E-state index contributed by atoms with van der Waals surface area (Å²) in [6, 6.07) is -0.636. The molecule has 0 aromatic heterocycles. The van der Waals surface area contributed by atoms with Crippen LogP contribution in [-0.2, 0) is 4.79 Å². The van der Waals surface area contributed by atoms with E-state index in [2.05, 4.69) is 10.3 Å². The zero-order valence-corrected chi connectivity index (χ0v) is 17.1. The third kappa shape index (κ3) is 6.21. The molecule has 162 valence electrons. The molecule has 0 aromatic carbocycles. The Morgan fingerprint density at radius 3 is 2.57 bits per heavy atom. The maximum absolute atomic E-state index is 11.6. The number of nitrogens with one attached hydrogen (secondary N) is 1. The molecular formula is C18H34N4O5S. The lowest BCUT2D eigenvalue weighted by molar-refractivity contribution is -0.140. The minimum absolute atomic E-state index is 0.0000282. The number of aliphatic imine (C=N–C) groups is 1. The summed E-state index contributed by atoms with van der Waals surface area (Å²) in [6.07, 6.45) is 1.41. The van der Waals surface area contributed by atoms with E-state index in [-0.39, 0.29) is 28.4 Å². The van der Waals surface area contributed by atoms with Gasteiger partial charge in [0.2, 0.25) is 0 Å². The van der Waals surface area contributed by atoms with E-state index in [1.165, 1.54) is 11.8 Å². The number of hydrogen-bond donors (Lipinski definition) is 7. The van der Waals surface area contributed by atoms with Crippen molar-refractivity contribution >= 4 is 23.7 Å². The van der Waals surface area contributed by atoms with Crippen LogP contribution in [0.15, 0.2) is 4.99 Å². The van der Waals surface area contributed by atoms with Crippen molar-refractivity contribution in [2.45, 2.75) is 86.3 Å². The highest BCUT2D eigenvalue weighted by atomic mass is 32.2. The maximum Gasteiger partial charge on any atom is 0.320 e. The lowest BCUT2D eigenvalue weighted by atomic mass is 9.80. The van der Waals surface area contributed by atoms with E-state index in [1.54, 1.807) is 0 Å². The highest BCUT2D eigenvalue weighted by molar-refractivity contribution is 8.00. The molecular weight excluding hydrogens is 384 g/mol. The zero-order valence-electron chi connectivity index (χ0n) is 16.3. The largest absolute Gasteiger partial charge is 0.480 e. The van der Waals surface area contributed by atoms with Gasteiger partial charge < -0.3 is 37.2 Å². The van der Waals surface area contributed by atoms with E-state index in [4.69, 9.17) is 11.5 Å². The van der Waals surface area contributed by atoms with E-state index in [0.29, 0.717) is 19.4 Å². The number of thioether (sulfide) groups is 1. The first-order valence-electron chi connectivity index (χ1n) is 9.94. The van der Waals surface area contributed by atoms with E-state index in [1.807, 2.05) is 6.92 Å². The second-order valence-corrected chi connectivity index (χ2v) is 9.47. The second-order valence-electron chi connectivity index (χ2n) is 7.91. The molecule has 2 aliphatic rings. The Morgan fingerprint density at radius 2 is 1.93 bits per heavy atom. The highest BCUT2D eigenvalue weighted by Gasteiger charge is 2.45. The van der Waals surface area contributed by atoms with Gasteiger partial charge in [0.15, 0.2) is 5.96 Å². The summed E-state index contributed by atoms with van der Waals surface area (Å²) in [5, 5.41) is 43.0. The van der Waals surface area contributed by atoms with Crippen LogP contribution in [0.5, 0.6) is 0 Å². The number of hydrogen-bond acceptors (Lipinski definition) is 7. The van der Waals surface area contributed by atoms with E-state index >= 15 is 0 Å². The maximum atomic E-state index is 11.6. The number of aliphatic carboxylic acids is 1. The van der Waals surface area contributed by atoms with Crippen LogP contribution in [0.3, 0.4) is 0 Å². The van der Waals surface area contributed by atoms with E-state index in [0.717, 1.165) is 25.7 Å². The summed E-state index contributed by atoms with van der Waals surface area (Å²) >= 11 is 1.52. The lowest BCUT2D eigenvalue weighted by Crippen LogP contribution is -2.55. The molecule has 0 aromatic rings. The number of carbonyl (C=O) groups is 1. The van der Waals surface area contributed by atoms with Crippen LogP contribution in [-0.4, -0.2) is 79.8 Å². The predicted molar refractivity (Wildman–Crippen MR) is 109 cm³/mol. The number of carboxylic acid groups (broad SMARTS) is 1. The van der Waals surface area contributed by atoms with E-state index < -0.39 is 30.3 Å². The van der Waals surface area contributed by atoms with Crippen LogP contribution in [0.25, 0.3) is 0 Å². The normalized spacial score (nSPS) is 37.2. The molecule has 1 saturated heterocycles. The van der Waals surface area contributed by atoms with Gasteiger partial charge in [-0.2, -0.15) is 0 Å². The molecule has 0 radical (unpaired) electrons. The Kier molecular flexibility index (Phi) is 8.81. The second kappa shape index (κ2) is 10.6. The first kappa shape index (κ1) is 23.2. The van der Waals surface area contributed by atoms with Crippen molar-refractivity contribution < 1.29 is 25.2 Å². The average molecular weight is 419 g/mol. The summed E-state index contributed by atoms with van der Waals surface area (Å²) in [6.45, 7) is 2.25. The van der Waals surface area contributed by atoms with Gasteiger partial charge in [0.25, 0.3) is 0 Å². The van der Waals surface area contributed by atoms with Gasteiger partial charge in [0, 0.05) is 23.1 Å². The van der Waals surface area contributed by atoms with Crippen LogP contribution in [0.2, 0.25) is 0 Å². The van der Waals surface area contributed by atoms with Gasteiger partial charge in [-0.15, -0.1) is 11.8 Å². The van der Waals surface area contributed by atoms with Crippen LogP contribution >= 0.6 is 11.8 Å². The molecule has 2 rings (SSSR count). The third-order valence-electron chi connectivity index (χ3n) is 5.75. The molecule has 0 bridgehead atoms. The van der Waals surface area contributed by atoms with Crippen molar-refractivity contribution in [3.05, 3.63) is 0 Å². The van der Waals surface area contributed by atoms with Gasteiger partial charge in [-0.25, -0.2) is 0 Å². The fraction of sp³-hybridized carbons (Fsp3) is 0.889. The molecule has 2 unspecified atom stereocenters. The van der Waals surface area contributed by atoms with Crippen LogP contribution < -0.4 is 16.8 Å². The summed E-state index contributed by atoms with van der Waals surface area (Å²) in [5.41, 5.74) is 10.6. The van der Waals surface area contributed by atoms with Crippen LogP contribution in [0.4, 0.5) is 0 Å². The van der Waals surface area contributed by atoms with Gasteiger partial charge in [0.05, 0.1) is 12.2 Å². The molecule has 2 fully saturated rings. The van der Waals surface area contributed by atoms with Crippen molar-refractivity contribution in [2.75, 3.05) is 6.54 Å². The van der Waals surface area contributed by atoms with E-state index in [9.17, 15) is 25.2 Å². The molecule has 1 heterocycles. The molecule has 0 spiro atoms. The average Bonchev–Trinajstić information content (AvgIpc) is 2.65. The fourth-order valence-electron chi connectivity index (χ4n) is 4.22. The number of carboxylic acids is 1. The molecule has 0 amide bonds. The quantitative estimate of drug-likeness (QED) is 0.152. The summed E-state index contributed by atoms with van der Waals surface area (Å²) in [5.74, 6) is -0.738. The number of rotatable bonds is 8. The molecule has 8 atom stereocenters. The smallest absolute Gasteiger partial charge is 0.320 e. The van der Waals surface area contributed by atoms with Crippen molar-refractivity contribution in [1.82, 2.24) is 5.32 Å². The monoisotopic (exact) mass is 418 g/mol. The van der Waals surface area contributed by atoms with Crippen molar-refractivity contribution in [3.8, 4) is 0 Å². The Morgan fingerprint density at radius 1 is 1.21 bits per heavy atom. The minimum Gasteiger partial charge on any atom is -0.480 e. The molecule has 28 heavy (non-hydrogen) atoms. The number of aliphatic hydroxyl groups is 3. The number of nitrogens with zero attached hydrogens (tertiary/aromatic N) is 1. The Bertz CT molecular complexity index is 548. The Balaban J connectivity index is 1.92. The van der Waals surface area contributed by atoms with Gasteiger partial charge in [-0.05, 0) is 38.0 Å². The molecule has 9 N–H and O–H groups in total. The minimum atomic E-state index is -1.14. The molecule has 1 aliphatic carbocycles. The third-order valence-corrected chi connectivity index (χ3v) is 7.43. The van der Waals surface area contributed by atoms with Gasteiger partial charge in [0.1, 0.15) is 12.1 Å². The van der Waals surface area contributed by atoms with Gasteiger partial charge >= 0.3 is 5.97 Å². The standard InChI is InChI=1S/C18H34N4O5S/c1-9-13(23)14(24)15(25)16(28-9)10-4-2-5-11(8-10)22-12(17(26)27)6-3-7-21-18(19)20/h9-16,22-25H,2-8H2,1H3,(H,26,27)(H4,19,20,21)/t9-,10?,11?,12-,13+,14+,15-,16-/m0/s1. The molecule has 1 saturated carbocycles. The topological polar surface area (TPSA) is 174 Å². The first-order chi connectivity index (χ1) is 13.2. The Labute approximate surface area is 170 Å². The highest BCUT2D eigenvalue weighted by Crippen LogP contribution is 2.41. The lowest BCUT2D eigenvalue weighted by Gasteiger charge is -2.44.